The third kappa shape index (κ3) is 3.98. The van der Waals surface area contributed by atoms with E-state index in [-0.39, 0.29) is 12.1 Å². The Morgan fingerprint density at radius 2 is 2.12 bits per heavy atom. The van der Waals surface area contributed by atoms with E-state index in [4.69, 9.17) is 11.6 Å². The lowest BCUT2D eigenvalue weighted by Gasteiger charge is -2.26. The SMILES string of the molecule is CNC(C)(CO)CCSc1ccccc1Cl. The molecule has 0 spiro atoms. The van der Waals surface area contributed by atoms with E-state index in [0.717, 1.165) is 22.1 Å². The summed E-state index contributed by atoms with van der Waals surface area (Å²) in [6.07, 6.45) is 0.899. The van der Waals surface area contributed by atoms with Crippen molar-refractivity contribution >= 4 is 23.4 Å². The number of hydrogen-bond donors (Lipinski definition) is 2. The van der Waals surface area contributed by atoms with E-state index in [1.54, 1.807) is 11.8 Å². The van der Waals surface area contributed by atoms with Crippen molar-refractivity contribution in [2.75, 3.05) is 19.4 Å². The van der Waals surface area contributed by atoms with E-state index in [2.05, 4.69) is 5.32 Å². The molecule has 1 rings (SSSR count). The van der Waals surface area contributed by atoms with Gasteiger partial charge in [0, 0.05) is 10.4 Å². The highest BCUT2D eigenvalue weighted by Gasteiger charge is 2.20. The number of thioether (sulfide) groups is 1. The fourth-order valence-electron chi connectivity index (χ4n) is 1.23. The Balaban J connectivity index is 2.44. The summed E-state index contributed by atoms with van der Waals surface area (Å²) in [5.74, 6) is 0.932. The number of halogens is 1. The van der Waals surface area contributed by atoms with Gasteiger partial charge in [0.1, 0.15) is 0 Å². The molecule has 0 aliphatic heterocycles. The summed E-state index contributed by atoms with van der Waals surface area (Å²) in [6, 6.07) is 7.82. The predicted octanol–water partition coefficient (Wildman–Crippen LogP) is 2.79. The second-order valence-electron chi connectivity index (χ2n) is 4.00. The number of hydrogen-bond acceptors (Lipinski definition) is 3. The molecule has 4 heteroatoms. The first-order valence-corrected chi connectivity index (χ1v) is 6.65. The Hall–Kier alpha value is -0.220. The van der Waals surface area contributed by atoms with Crippen LogP contribution >= 0.6 is 23.4 Å². The van der Waals surface area contributed by atoms with Gasteiger partial charge in [0.05, 0.1) is 11.6 Å². The van der Waals surface area contributed by atoms with Crippen molar-refractivity contribution in [3.8, 4) is 0 Å². The van der Waals surface area contributed by atoms with Gasteiger partial charge in [0.15, 0.2) is 0 Å². The minimum Gasteiger partial charge on any atom is -0.394 e. The molecule has 1 aromatic rings. The van der Waals surface area contributed by atoms with Crippen LogP contribution in [0.4, 0.5) is 0 Å². The average Bonchev–Trinajstić information content (AvgIpc) is 2.31. The molecule has 0 aliphatic carbocycles. The molecule has 1 atom stereocenters. The Morgan fingerprint density at radius 3 is 2.69 bits per heavy atom. The Labute approximate surface area is 106 Å². The molecule has 2 N–H and O–H groups in total. The number of rotatable bonds is 6. The molecule has 0 saturated heterocycles. The van der Waals surface area contributed by atoms with Crippen LogP contribution in [0.3, 0.4) is 0 Å². The first-order valence-electron chi connectivity index (χ1n) is 5.28. The Bertz CT molecular complexity index is 329. The minimum atomic E-state index is -0.200. The first-order chi connectivity index (χ1) is 7.61. The highest BCUT2D eigenvalue weighted by molar-refractivity contribution is 7.99. The van der Waals surface area contributed by atoms with Gasteiger partial charge < -0.3 is 10.4 Å². The van der Waals surface area contributed by atoms with Crippen molar-refractivity contribution in [1.82, 2.24) is 5.32 Å². The number of nitrogens with one attached hydrogen (secondary N) is 1. The summed E-state index contributed by atoms with van der Waals surface area (Å²) in [6.45, 7) is 2.16. The molecule has 0 aromatic heterocycles. The van der Waals surface area contributed by atoms with Crippen molar-refractivity contribution < 1.29 is 5.11 Å². The maximum atomic E-state index is 9.24. The molecule has 0 aliphatic rings. The van der Waals surface area contributed by atoms with Crippen molar-refractivity contribution in [2.24, 2.45) is 0 Å². The van der Waals surface area contributed by atoms with Gasteiger partial charge >= 0.3 is 0 Å². The van der Waals surface area contributed by atoms with E-state index in [0.29, 0.717) is 0 Å². The molecule has 0 saturated carbocycles. The monoisotopic (exact) mass is 259 g/mol. The topological polar surface area (TPSA) is 32.3 Å². The van der Waals surface area contributed by atoms with Crippen molar-refractivity contribution in [3.05, 3.63) is 29.3 Å². The van der Waals surface area contributed by atoms with Gasteiger partial charge in [0.25, 0.3) is 0 Å². The third-order valence-electron chi connectivity index (χ3n) is 2.70. The predicted molar refractivity (Wildman–Crippen MR) is 71.3 cm³/mol. The van der Waals surface area contributed by atoms with E-state index in [9.17, 15) is 5.11 Å². The third-order valence-corrected chi connectivity index (χ3v) is 4.22. The average molecular weight is 260 g/mol. The van der Waals surface area contributed by atoms with Crippen LogP contribution in [0.25, 0.3) is 0 Å². The summed E-state index contributed by atoms with van der Waals surface area (Å²) in [4.78, 5) is 1.10. The molecule has 0 fully saturated rings. The molecule has 1 aromatic carbocycles. The van der Waals surface area contributed by atoms with Gasteiger partial charge in [-0.1, -0.05) is 23.7 Å². The van der Waals surface area contributed by atoms with Crippen molar-refractivity contribution in [1.29, 1.82) is 0 Å². The van der Waals surface area contributed by atoms with Crippen LogP contribution in [0, 0.1) is 0 Å². The number of benzene rings is 1. The van der Waals surface area contributed by atoms with Gasteiger partial charge in [0.2, 0.25) is 0 Å². The van der Waals surface area contributed by atoms with E-state index < -0.39 is 0 Å². The normalized spacial score (nSPS) is 14.8. The van der Waals surface area contributed by atoms with E-state index in [1.165, 1.54) is 0 Å². The van der Waals surface area contributed by atoms with Gasteiger partial charge in [-0.15, -0.1) is 11.8 Å². The lowest BCUT2D eigenvalue weighted by Crippen LogP contribution is -2.43. The molecule has 0 heterocycles. The lowest BCUT2D eigenvalue weighted by atomic mass is 10.0. The largest absolute Gasteiger partial charge is 0.394 e. The molecular formula is C12H18ClNOS. The lowest BCUT2D eigenvalue weighted by molar-refractivity contribution is 0.179. The standard InChI is InChI=1S/C12H18ClNOS/c1-12(9-15,14-2)7-8-16-11-6-4-3-5-10(11)13/h3-6,14-15H,7-9H2,1-2H3. The van der Waals surface area contributed by atoms with Crippen LogP contribution in [-0.2, 0) is 0 Å². The molecule has 0 amide bonds. The Kier molecular flexibility index (Phi) is 5.62. The van der Waals surface area contributed by atoms with Crippen LogP contribution in [0.15, 0.2) is 29.2 Å². The fourth-order valence-corrected chi connectivity index (χ4v) is 2.68. The van der Waals surface area contributed by atoms with E-state index in [1.807, 2.05) is 38.2 Å². The van der Waals surface area contributed by atoms with Crippen LogP contribution < -0.4 is 5.32 Å². The van der Waals surface area contributed by atoms with Crippen LogP contribution in [-0.4, -0.2) is 30.1 Å². The van der Waals surface area contributed by atoms with Gasteiger partial charge in [-0.2, -0.15) is 0 Å². The smallest absolute Gasteiger partial charge is 0.0610 e. The zero-order chi connectivity index (χ0) is 12.0. The maximum Gasteiger partial charge on any atom is 0.0610 e. The summed E-state index contributed by atoms with van der Waals surface area (Å²) in [7, 11) is 1.87. The molecule has 0 bridgehead atoms. The molecule has 90 valence electrons. The van der Waals surface area contributed by atoms with Crippen LogP contribution in [0.5, 0.6) is 0 Å². The zero-order valence-electron chi connectivity index (χ0n) is 9.66. The second kappa shape index (κ2) is 6.50. The quantitative estimate of drug-likeness (QED) is 0.771. The minimum absolute atomic E-state index is 0.145. The second-order valence-corrected chi connectivity index (χ2v) is 5.54. The van der Waals surface area contributed by atoms with Crippen LogP contribution in [0.2, 0.25) is 5.02 Å². The zero-order valence-corrected chi connectivity index (χ0v) is 11.2. The molecular weight excluding hydrogens is 242 g/mol. The summed E-state index contributed by atoms with van der Waals surface area (Å²) >= 11 is 7.78. The van der Waals surface area contributed by atoms with Crippen LogP contribution in [0.1, 0.15) is 13.3 Å². The molecule has 0 radical (unpaired) electrons. The molecule has 2 nitrogen and oxygen atoms in total. The van der Waals surface area contributed by atoms with Gasteiger partial charge in [-0.05, 0) is 38.3 Å². The van der Waals surface area contributed by atoms with Crippen molar-refractivity contribution in [3.63, 3.8) is 0 Å². The van der Waals surface area contributed by atoms with Crippen molar-refractivity contribution in [2.45, 2.75) is 23.8 Å². The molecule has 1 unspecified atom stereocenters. The highest BCUT2D eigenvalue weighted by Crippen LogP contribution is 2.28. The van der Waals surface area contributed by atoms with Gasteiger partial charge in [-0.3, -0.25) is 0 Å². The fraction of sp³-hybridized carbons (Fsp3) is 0.500. The summed E-state index contributed by atoms with van der Waals surface area (Å²) in [5.41, 5.74) is -0.200. The number of likely N-dealkylation sites (N-methyl/N-ethyl adjacent to an activating group) is 1. The number of aliphatic hydroxyl groups is 1. The Morgan fingerprint density at radius 1 is 1.44 bits per heavy atom. The maximum absolute atomic E-state index is 9.24. The number of aliphatic hydroxyl groups excluding tert-OH is 1. The summed E-state index contributed by atoms with van der Waals surface area (Å²) < 4.78 is 0. The van der Waals surface area contributed by atoms with Gasteiger partial charge in [-0.25, -0.2) is 0 Å². The summed E-state index contributed by atoms with van der Waals surface area (Å²) in [5, 5.41) is 13.2. The molecule has 16 heavy (non-hydrogen) atoms. The van der Waals surface area contributed by atoms with E-state index >= 15 is 0 Å². The highest BCUT2D eigenvalue weighted by atomic mass is 35.5. The first kappa shape index (κ1) is 13.8.